The normalized spacial score (nSPS) is 16.1. The molecule has 0 spiro atoms. The van der Waals surface area contributed by atoms with Crippen LogP contribution in [0.4, 0.5) is 0 Å². The largest absolute Gasteiger partial charge is 0.472 e. The van der Waals surface area contributed by atoms with E-state index >= 15 is 0 Å². The zero-order chi connectivity index (χ0) is 25.9. The Labute approximate surface area is 207 Å². The molecule has 3 unspecified atom stereocenters. The molecule has 0 aromatic heterocycles. The van der Waals surface area contributed by atoms with Gasteiger partial charge in [-0.3, -0.25) is 13.8 Å². The summed E-state index contributed by atoms with van der Waals surface area (Å²) in [5, 5.41) is 13.1. The Hall–Kier alpha value is -1.02. The summed E-state index contributed by atoms with van der Waals surface area (Å²) >= 11 is 0. The van der Waals surface area contributed by atoms with Gasteiger partial charge < -0.3 is 19.8 Å². The van der Waals surface area contributed by atoms with Gasteiger partial charge in [0.05, 0.1) is 39.9 Å². The summed E-state index contributed by atoms with van der Waals surface area (Å²) in [5.41, 5.74) is 0. The molecule has 3 atom stereocenters. The van der Waals surface area contributed by atoms with E-state index in [2.05, 4.69) is 24.4 Å². The Morgan fingerprint density at radius 3 is 2.24 bits per heavy atom. The maximum Gasteiger partial charge on any atom is 0.472 e. The number of quaternary nitrogens is 1. The first-order chi connectivity index (χ1) is 16.0. The van der Waals surface area contributed by atoms with Crippen LogP contribution in [0.5, 0.6) is 0 Å². The zero-order valence-corrected chi connectivity index (χ0v) is 23.0. The molecule has 3 N–H and O–H groups in total. The molecule has 0 aliphatic heterocycles. The van der Waals surface area contributed by atoms with Crippen LogP contribution in [0.3, 0.4) is 0 Å². The number of aliphatic hydroxyl groups is 1. The second-order valence-electron chi connectivity index (χ2n) is 9.66. The number of allylic oxidation sites excluding steroid dienone is 3. The third-order valence-electron chi connectivity index (χ3n) is 5.24. The number of hydrogen-bond donors (Lipinski definition) is 3. The third kappa shape index (κ3) is 20.4. The summed E-state index contributed by atoms with van der Waals surface area (Å²) in [6.07, 6.45) is 17.5. The Balaban J connectivity index is 4.43. The predicted octanol–water partition coefficient (Wildman–Crippen LogP) is 4.73. The maximum absolute atomic E-state index is 12.1. The Bertz CT molecular complexity index is 633. The van der Waals surface area contributed by atoms with Gasteiger partial charge in [0.15, 0.2) is 0 Å². The maximum atomic E-state index is 12.1. The first kappa shape index (κ1) is 33.0. The molecule has 9 heteroatoms. The van der Waals surface area contributed by atoms with E-state index in [4.69, 9.17) is 9.05 Å². The monoisotopic (exact) mass is 505 g/mol. The molecule has 0 saturated heterocycles. The van der Waals surface area contributed by atoms with E-state index in [1.54, 1.807) is 13.0 Å². The van der Waals surface area contributed by atoms with Crippen LogP contribution in [0.15, 0.2) is 24.3 Å². The smallest absolute Gasteiger partial charge is 0.387 e. The van der Waals surface area contributed by atoms with Gasteiger partial charge in [-0.15, -0.1) is 0 Å². The average molecular weight is 506 g/mol. The molecule has 34 heavy (non-hydrogen) atoms. The number of phosphoric ester groups is 1. The van der Waals surface area contributed by atoms with Gasteiger partial charge in [0.2, 0.25) is 5.91 Å². The molecule has 0 saturated carbocycles. The number of carbonyl (C=O) groups excluding carboxylic acids is 1. The van der Waals surface area contributed by atoms with Crippen molar-refractivity contribution in [2.75, 3.05) is 40.9 Å². The molecule has 0 aliphatic rings. The Morgan fingerprint density at radius 2 is 1.59 bits per heavy atom. The molecule has 8 nitrogen and oxygen atoms in total. The van der Waals surface area contributed by atoms with Crippen LogP contribution in [-0.4, -0.2) is 73.4 Å². The summed E-state index contributed by atoms with van der Waals surface area (Å²) in [4.78, 5) is 21.7. The zero-order valence-electron chi connectivity index (χ0n) is 22.1. The second-order valence-corrected chi connectivity index (χ2v) is 11.1. The van der Waals surface area contributed by atoms with Crippen LogP contribution >= 0.6 is 7.82 Å². The molecule has 0 bridgehead atoms. The number of rotatable bonds is 21. The minimum absolute atomic E-state index is 0.0537. The van der Waals surface area contributed by atoms with E-state index in [9.17, 15) is 19.4 Å². The molecular formula is C25H50N2O6P+. The van der Waals surface area contributed by atoms with Crippen LogP contribution in [0, 0.1) is 0 Å². The lowest BCUT2D eigenvalue weighted by atomic mass is 10.1. The number of nitrogens with one attached hydrogen (secondary N) is 1. The minimum atomic E-state index is -4.29. The number of likely N-dealkylation sites (N-methyl/N-ethyl adjacent to an activating group) is 1. The van der Waals surface area contributed by atoms with Crippen molar-refractivity contribution in [3.05, 3.63) is 24.3 Å². The van der Waals surface area contributed by atoms with Crippen molar-refractivity contribution in [1.82, 2.24) is 5.32 Å². The third-order valence-corrected chi connectivity index (χ3v) is 6.22. The van der Waals surface area contributed by atoms with Gasteiger partial charge in [-0.25, -0.2) is 4.57 Å². The number of amides is 1. The topological polar surface area (TPSA) is 105 Å². The molecule has 0 fully saturated rings. The molecule has 0 aromatic carbocycles. The van der Waals surface area contributed by atoms with E-state index in [0.29, 0.717) is 11.0 Å². The first-order valence-corrected chi connectivity index (χ1v) is 14.2. The van der Waals surface area contributed by atoms with Gasteiger partial charge >= 0.3 is 7.82 Å². The van der Waals surface area contributed by atoms with Crippen molar-refractivity contribution in [3.8, 4) is 0 Å². The van der Waals surface area contributed by atoms with E-state index in [1.807, 2.05) is 27.2 Å². The lowest BCUT2D eigenvalue weighted by molar-refractivity contribution is -0.870. The van der Waals surface area contributed by atoms with Crippen LogP contribution in [0.25, 0.3) is 0 Å². The second kappa shape index (κ2) is 19.2. The fourth-order valence-corrected chi connectivity index (χ4v) is 3.75. The summed E-state index contributed by atoms with van der Waals surface area (Å²) in [6.45, 7) is 4.16. The van der Waals surface area contributed by atoms with Gasteiger partial charge in [0.1, 0.15) is 13.2 Å². The SMILES string of the molecule is CCCCCCCC/C=C/CC/C=C/C(O)C(COP(=O)(O)OCC[N+](C)(C)C)NC(=O)CC. The molecule has 0 aromatic rings. The number of aliphatic hydroxyl groups excluding tert-OH is 1. The molecular weight excluding hydrogens is 455 g/mol. The molecule has 1 amide bonds. The standard InChI is InChI=1S/C25H49N2O6P/c1-6-8-9-10-11-12-13-14-15-16-17-18-19-24(28)23(26-25(29)7-2)22-33-34(30,31)32-21-20-27(3,4)5/h14-15,18-19,23-24,28H,6-13,16-17,20-22H2,1-5H3,(H-,26,29,30,31)/p+1/b15-14+,19-18+. The Kier molecular flexibility index (Phi) is 18.6. The van der Waals surface area contributed by atoms with Crippen LogP contribution in [0.2, 0.25) is 0 Å². The highest BCUT2D eigenvalue weighted by molar-refractivity contribution is 7.47. The highest BCUT2D eigenvalue weighted by atomic mass is 31.2. The summed E-state index contributed by atoms with van der Waals surface area (Å²) in [6, 6.07) is -0.852. The Morgan fingerprint density at radius 1 is 0.971 bits per heavy atom. The van der Waals surface area contributed by atoms with Gasteiger partial charge in [-0.2, -0.15) is 0 Å². The van der Waals surface area contributed by atoms with Crippen molar-refractivity contribution in [2.45, 2.75) is 90.2 Å². The average Bonchev–Trinajstić information content (AvgIpc) is 2.75. The van der Waals surface area contributed by atoms with Crippen LogP contribution in [0.1, 0.15) is 78.1 Å². The number of carbonyl (C=O) groups is 1. The quantitative estimate of drug-likeness (QED) is 0.0902. The number of unbranched alkanes of at least 4 members (excludes halogenated alkanes) is 7. The summed E-state index contributed by atoms with van der Waals surface area (Å²) in [5.74, 6) is -0.280. The van der Waals surface area contributed by atoms with E-state index in [1.165, 1.54) is 38.5 Å². The minimum Gasteiger partial charge on any atom is -0.387 e. The van der Waals surface area contributed by atoms with Crippen molar-refractivity contribution >= 4 is 13.7 Å². The van der Waals surface area contributed by atoms with Crippen LogP contribution < -0.4 is 5.32 Å². The predicted molar refractivity (Wildman–Crippen MR) is 138 cm³/mol. The van der Waals surface area contributed by atoms with E-state index < -0.39 is 20.0 Å². The van der Waals surface area contributed by atoms with Crippen molar-refractivity contribution < 1.29 is 32.9 Å². The van der Waals surface area contributed by atoms with Crippen molar-refractivity contribution in [2.24, 2.45) is 0 Å². The lowest BCUT2D eigenvalue weighted by Gasteiger charge is -2.25. The molecule has 200 valence electrons. The van der Waals surface area contributed by atoms with Gasteiger partial charge in [-0.05, 0) is 25.7 Å². The van der Waals surface area contributed by atoms with Gasteiger partial charge in [-0.1, -0.05) is 70.3 Å². The molecule has 0 heterocycles. The number of nitrogens with zero attached hydrogens (tertiary/aromatic N) is 1. The van der Waals surface area contributed by atoms with E-state index in [-0.39, 0.29) is 25.5 Å². The highest BCUT2D eigenvalue weighted by Crippen LogP contribution is 2.43. The summed E-state index contributed by atoms with van der Waals surface area (Å²) < 4.78 is 22.8. The molecule has 0 radical (unpaired) electrons. The van der Waals surface area contributed by atoms with Gasteiger partial charge in [0.25, 0.3) is 0 Å². The first-order valence-electron chi connectivity index (χ1n) is 12.7. The number of hydrogen-bond acceptors (Lipinski definition) is 5. The highest BCUT2D eigenvalue weighted by Gasteiger charge is 2.27. The molecule has 0 rings (SSSR count). The fraction of sp³-hybridized carbons (Fsp3) is 0.800. The van der Waals surface area contributed by atoms with Crippen LogP contribution in [-0.2, 0) is 18.4 Å². The fourth-order valence-electron chi connectivity index (χ4n) is 3.02. The van der Waals surface area contributed by atoms with Crippen molar-refractivity contribution in [1.29, 1.82) is 0 Å². The molecule has 0 aliphatic carbocycles. The number of phosphoric acid groups is 1. The summed E-state index contributed by atoms with van der Waals surface area (Å²) in [7, 11) is 1.54. The van der Waals surface area contributed by atoms with Gasteiger partial charge in [0, 0.05) is 6.42 Å². The van der Waals surface area contributed by atoms with E-state index in [0.717, 1.165) is 19.3 Å². The lowest BCUT2D eigenvalue weighted by Crippen LogP contribution is -2.45. The van der Waals surface area contributed by atoms with Crippen molar-refractivity contribution in [3.63, 3.8) is 0 Å².